The van der Waals surface area contributed by atoms with Crippen LogP contribution in [0.25, 0.3) is 0 Å². The minimum Gasteiger partial charge on any atom is -0.352 e. The molecule has 1 N–H and O–H groups in total. The number of amides is 1. The lowest BCUT2D eigenvalue weighted by Crippen LogP contribution is -2.25. The first-order valence-electron chi connectivity index (χ1n) is 6.20. The van der Waals surface area contributed by atoms with Crippen molar-refractivity contribution in [1.82, 2.24) is 10.2 Å². The fourth-order valence-corrected chi connectivity index (χ4v) is 1.87. The van der Waals surface area contributed by atoms with E-state index in [1.807, 2.05) is 33.2 Å². The Balaban J connectivity index is 2.39. The van der Waals surface area contributed by atoms with Crippen molar-refractivity contribution in [1.29, 1.82) is 0 Å². The summed E-state index contributed by atoms with van der Waals surface area (Å²) >= 11 is 6.01. The second-order valence-corrected chi connectivity index (χ2v) is 5.16. The minimum atomic E-state index is -0.0893. The highest BCUT2D eigenvalue weighted by Crippen LogP contribution is 2.17. The Bertz CT molecular complexity index is 405. The van der Waals surface area contributed by atoms with Gasteiger partial charge in [-0.1, -0.05) is 23.2 Å². The summed E-state index contributed by atoms with van der Waals surface area (Å²) in [6.07, 6.45) is 2.06. The van der Waals surface area contributed by atoms with Gasteiger partial charge in [-0.05, 0) is 52.5 Å². The van der Waals surface area contributed by atoms with Crippen LogP contribution in [-0.4, -0.2) is 38.0 Å². The largest absolute Gasteiger partial charge is 0.352 e. The highest BCUT2D eigenvalue weighted by molar-refractivity contribution is 6.33. The molecule has 0 spiro atoms. The van der Waals surface area contributed by atoms with E-state index >= 15 is 0 Å². The predicted octanol–water partition coefficient (Wildman–Crippen LogP) is 2.72. The summed E-state index contributed by atoms with van der Waals surface area (Å²) in [7, 11) is 4.09. The molecule has 18 heavy (non-hydrogen) atoms. The molecular formula is C14H21ClN2O. The van der Waals surface area contributed by atoms with Gasteiger partial charge in [-0.3, -0.25) is 4.79 Å². The van der Waals surface area contributed by atoms with Gasteiger partial charge >= 0.3 is 0 Å². The summed E-state index contributed by atoms with van der Waals surface area (Å²) < 4.78 is 0. The molecule has 0 aliphatic carbocycles. The summed E-state index contributed by atoms with van der Waals surface area (Å²) in [5.74, 6) is -0.0893. The molecule has 0 atom stereocenters. The fraction of sp³-hybridized carbons (Fsp3) is 0.500. The summed E-state index contributed by atoms with van der Waals surface area (Å²) in [6.45, 7) is 3.68. The normalized spacial score (nSPS) is 10.7. The van der Waals surface area contributed by atoms with Crippen molar-refractivity contribution in [3.63, 3.8) is 0 Å². The zero-order valence-corrected chi connectivity index (χ0v) is 12.0. The molecule has 1 aromatic rings. The number of nitrogens with zero attached hydrogens (tertiary/aromatic N) is 1. The van der Waals surface area contributed by atoms with E-state index in [4.69, 9.17) is 11.6 Å². The smallest absolute Gasteiger partial charge is 0.252 e. The van der Waals surface area contributed by atoms with Gasteiger partial charge in [-0.25, -0.2) is 0 Å². The maximum atomic E-state index is 11.9. The van der Waals surface area contributed by atoms with Crippen molar-refractivity contribution in [3.8, 4) is 0 Å². The van der Waals surface area contributed by atoms with Crippen LogP contribution in [0, 0.1) is 6.92 Å². The number of carbonyl (C=O) groups is 1. The summed E-state index contributed by atoms with van der Waals surface area (Å²) in [5.41, 5.74) is 1.60. The third-order valence-corrected chi connectivity index (χ3v) is 3.01. The first-order chi connectivity index (χ1) is 8.50. The molecule has 0 aliphatic heterocycles. The van der Waals surface area contributed by atoms with Crippen LogP contribution in [0.15, 0.2) is 18.2 Å². The zero-order chi connectivity index (χ0) is 13.5. The molecule has 0 unspecified atom stereocenters. The summed E-state index contributed by atoms with van der Waals surface area (Å²) in [4.78, 5) is 14.0. The van der Waals surface area contributed by atoms with Gasteiger partial charge in [0.2, 0.25) is 0 Å². The van der Waals surface area contributed by atoms with E-state index in [1.165, 1.54) is 0 Å². The first-order valence-corrected chi connectivity index (χ1v) is 6.57. The van der Waals surface area contributed by atoms with Crippen molar-refractivity contribution in [2.24, 2.45) is 0 Å². The van der Waals surface area contributed by atoms with Gasteiger partial charge in [-0.15, -0.1) is 0 Å². The number of rotatable bonds is 6. The van der Waals surface area contributed by atoms with Gasteiger partial charge in [0.15, 0.2) is 0 Å². The van der Waals surface area contributed by atoms with Crippen molar-refractivity contribution < 1.29 is 4.79 Å². The molecule has 0 bridgehead atoms. The van der Waals surface area contributed by atoms with Gasteiger partial charge in [0, 0.05) is 6.54 Å². The van der Waals surface area contributed by atoms with E-state index < -0.39 is 0 Å². The van der Waals surface area contributed by atoms with Crippen LogP contribution < -0.4 is 5.32 Å². The zero-order valence-electron chi connectivity index (χ0n) is 11.3. The van der Waals surface area contributed by atoms with Crippen LogP contribution in [0.5, 0.6) is 0 Å². The lowest BCUT2D eigenvalue weighted by molar-refractivity contribution is 0.0953. The Labute approximate surface area is 114 Å². The first kappa shape index (κ1) is 15.0. The molecule has 0 saturated heterocycles. The summed E-state index contributed by atoms with van der Waals surface area (Å²) in [6, 6.07) is 5.48. The Hall–Kier alpha value is -1.06. The number of aryl methyl sites for hydroxylation is 1. The molecule has 0 fully saturated rings. The maximum absolute atomic E-state index is 11.9. The van der Waals surface area contributed by atoms with Crippen LogP contribution in [0.4, 0.5) is 0 Å². The SMILES string of the molecule is Cc1ccc(Cl)c(C(=O)NCCCCN(C)C)c1. The van der Waals surface area contributed by atoms with Gasteiger partial charge < -0.3 is 10.2 Å². The Morgan fingerprint density at radius 3 is 2.72 bits per heavy atom. The molecule has 4 heteroatoms. The highest BCUT2D eigenvalue weighted by atomic mass is 35.5. The second-order valence-electron chi connectivity index (χ2n) is 4.75. The Kier molecular flexibility index (Phi) is 6.16. The third kappa shape index (κ3) is 5.07. The molecule has 0 saturated carbocycles. The number of hydrogen-bond acceptors (Lipinski definition) is 2. The van der Waals surface area contributed by atoms with Crippen LogP contribution in [-0.2, 0) is 0 Å². The van der Waals surface area contributed by atoms with Crippen LogP contribution in [0.2, 0.25) is 5.02 Å². The number of halogens is 1. The average Bonchev–Trinajstić information content (AvgIpc) is 2.31. The quantitative estimate of drug-likeness (QED) is 0.805. The van der Waals surface area contributed by atoms with E-state index in [1.54, 1.807) is 6.07 Å². The molecule has 1 amide bonds. The van der Waals surface area contributed by atoms with E-state index in [-0.39, 0.29) is 5.91 Å². The van der Waals surface area contributed by atoms with Crippen LogP contribution in [0.3, 0.4) is 0 Å². The molecule has 0 aliphatic rings. The molecule has 0 radical (unpaired) electrons. The molecule has 0 aromatic heterocycles. The predicted molar refractivity (Wildman–Crippen MR) is 76.3 cm³/mol. The average molecular weight is 269 g/mol. The number of unbranched alkanes of at least 4 members (excludes halogenated alkanes) is 1. The van der Waals surface area contributed by atoms with Crippen molar-refractivity contribution in [3.05, 3.63) is 34.3 Å². The lowest BCUT2D eigenvalue weighted by atomic mass is 10.1. The monoisotopic (exact) mass is 268 g/mol. The topological polar surface area (TPSA) is 32.3 Å². The van der Waals surface area contributed by atoms with Gasteiger partial charge in [-0.2, -0.15) is 0 Å². The number of nitrogens with one attached hydrogen (secondary N) is 1. The molecular weight excluding hydrogens is 248 g/mol. The molecule has 1 aromatic carbocycles. The fourth-order valence-electron chi connectivity index (χ4n) is 1.66. The molecule has 1 rings (SSSR count). The van der Waals surface area contributed by atoms with E-state index in [9.17, 15) is 4.79 Å². The number of hydrogen-bond donors (Lipinski definition) is 1. The van der Waals surface area contributed by atoms with Gasteiger partial charge in [0.1, 0.15) is 0 Å². The lowest BCUT2D eigenvalue weighted by Gasteiger charge is -2.10. The van der Waals surface area contributed by atoms with Gasteiger partial charge in [0.25, 0.3) is 5.91 Å². The highest BCUT2D eigenvalue weighted by Gasteiger charge is 2.09. The number of carbonyl (C=O) groups excluding carboxylic acids is 1. The molecule has 3 nitrogen and oxygen atoms in total. The van der Waals surface area contributed by atoms with Crippen LogP contribution in [0.1, 0.15) is 28.8 Å². The maximum Gasteiger partial charge on any atom is 0.252 e. The minimum absolute atomic E-state index is 0.0893. The van der Waals surface area contributed by atoms with E-state index in [0.29, 0.717) is 17.1 Å². The Morgan fingerprint density at radius 1 is 1.33 bits per heavy atom. The molecule has 0 heterocycles. The van der Waals surface area contributed by atoms with Crippen molar-refractivity contribution in [2.75, 3.05) is 27.2 Å². The molecule has 100 valence electrons. The van der Waals surface area contributed by atoms with E-state index in [2.05, 4.69) is 10.2 Å². The standard InChI is InChI=1S/C14H21ClN2O/c1-11-6-7-13(15)12(10-11)14(18)16-8-4-5-9-17(2)3/h6-7,10H,4-5,8-9H2,1-3H3,(H,16,18). The number of benzene rings is 1. The summed E-state index contributed by atoms with van der Waals surface area (Å²) in [5, 5.41) is 3.40. The van der Waals surface area contributed by atoms with Crippen molar-refractivity contribution in [2.45, 2.75) is 19.8 Å². The van der Waals surface area contributed by atoms with Crippen molar-refractivity contribution >= 4 is 17.5 Å². The van der Waals surface area contributed by atoms with Gasteiger partial charge in [0.05, 0.1) is 10.6 Å². The third-order valence-electron chi connectivity index (χ3n) is 2.68. The second kappa shape index (κ2) is 7.39. The van der Waals surface area contributed by atoms with E-state index in [0.717, 1.165) is 24.9 Å². The Morgan fingerprint density at radius 2 is 2.06 bits per heavy atom. The van der Waals surface area contributed by atoms with Crippen LogP contribution >= 0.6 is 11.6 Å².